The van der Waals surface area contributed by atoms with Crippen molar-refractivity contribution in [2.45, 2.75) is 45.4 Å². The number of hydrogen-bond donors (Lipinski definition) is 1. The molecule has 0 aliphatic heterocycles. The Hall–Kier alpha value is -2.30. The molecule has 0 fully saturated rings. The van der Waals surface area contributed by atoms with Gasteiger partial charge in [0.2, 0.25) is 0 Å². The maximum absolute atomic E-state index is 13.8. The number of aryl methyl sites for hydroxylation is 1. The van der Waals surface area contributed by atoms with Gasteiger partial charge in [-0.1, -0.05) is 32.4 Å². The summed E-state index contributed by atoms with van der Waals surface area (Å²) in [6.07, 6.45) is 3.39. The van der Waals surface area contributed by atoms with Crippen LogP contribution in [0.15, 0.2) is 30.3 Å². The quantitative estimate of drug-likeness (QED) is 0.901. The number of hydrogen-bond acceptors (Lipinski definition) is 3. The van der Waals surface area contributed by atoms with Crippen molar-refractivity contribution in [1.82, 2.24) is 10.2 Å². The monoisotopic (exact) mass is 316 g/mol. The van der Waals surface area contributed by atoms with Gasteiger partial charge in [-0.05, 0) is 43.0 Å². The lowest BCUT2D eigenvalue weighted by molar-refractivity contribution is -0.139. The largest absolute Gasteiger partial charge is 0.481 e. The number of fused-ring (bicyclic) bond motifs is 1. The van der Waals surface area contributed by atoms with E-state index < -0.39 is 11.9 Å². The van der Waals surface area contributed by atoms with Crippen LogP contribution in [0.5, 0.6) is 0 Å². The topological polar surface area (TPSA) is 63.1 Å². The fourth-order valence-electron chi connectivity index (χ4n) is 2.61. The van der Waals surface area contributed by atoms with Crippen LogP contribution in [0.1, 0.15) is 50.3 Å². The lowest BCUT2D eigenvalue weighted by Gasteiger charge is -2.20. The summed E-state index contributed by atoms with van der Waals surface area (Å²) in [5.74, 6) is -1.83. The van der Waals surface area contributed by atoms with E-state index in [4.69, 9.17) is 0 Å². The van der Waals surface area contributed by atoms with E-state index in [1.165, 1.54) is 12.5 Å². The molecule has 3 rings (SSSR count). The van der Waals surface area contributed by atoms with Crippen LogP contribution in [-0.2, 0) is 11.2 Å². The van der Waals surface area contributed by atoms with Crippen LogP contribution in [0.3, 0.4) is 0 Å². The molecule has 4 nitrogen and oxygen atoms in total. The maximum atomic E-state index is 13.8. The van der Waals surface area contributed by atoms with Gasteiger partial charge in [0, 0.05) is 5.56 Å². The smallest absolute Gasteiger partial charge is 0.312 e. The Bertz CT molecular complexity index is 688. The summed E-state index contributed by atoms with van der Waals surface area (Å²) < 4.78 is 13.8. The average molecular weight is 316 g/mol. The molecule has 1 unspecified atom stereocenters. The second-order valence-electron chi connectivity index (χ2n) is 5.61. The summed E-state index contributed by atoms with van der Waals surface area (Å²) in [6, 6.07) is 8.13. The SMILES string of the molecule is CCC.O=C(O)C1CCCc2cc(-c3ccccc3F)nnc21. The number of carboxylic acids is 1. The highest BCUT2D eigenvalue weighted by Crippen LogP contribution is 2.32. The number of carboxylic acid groups (broad SMARTS) is 1. The fraction of sp³-hybridized carbons (Fsp3) is 0.389. The van der Waals surface area contributed by atoms with E-state index in [2.05, 4.69) is 24.0 Å². The van der Waals surface area contributed by atoms with Gasteiger partial charge in [0.25, 0.3) is 0 Å². The van der Waals surface area contributed by atoms with E-state index >= 15 is 0 Å². The van der Waals surface area contributed by atoms with Gasteiger partial charge in [0.15, 0.2) is 0 Å². The number of aliphatic carboxylic acids is 1. The third-order valence-corrected chi connectivity index (χ3v) is 3.62. The molecule has 1 aliphatic rings. The minimum atomic E-state index is -0.876. The predicted octanol–water partition coefficient (Wildman–Crippen LogP) is 4.20. The fourth-order valence-corrected chi connectivity index (χ4v) is 2.61. The molecular weight excluding hydrogens is 295 g/mol. The third kappa shape index (κ3) is 3.92. The molecule has 5 heteroatoms. The molecule has 2 aromatic rings. The number of rotatable bonds is 2. The Kier molecular flexibility index (Phi) is 5.79. The zero-order chi connectivity index (χ0) is 16.8. The van der Waals surface area contributed by atoms with E-state index in [1.54, 1.807) is 24.3 Å². The molecule has 0 saturated carbocycles. The van der Waals surface area contributed by atoms with Crippen molar-refractivity contribution in [3.05, 3.63) is 47.4 Å². The Labute approximate surface area is 135 Å². The zero-order valence-corrected chi connectivity index (χ0v) is 13.4. The first kappa shape index (κ1) is 17.1. The summed E-state index contributed by atoms with van der Waals surface area (Å²) in [5, 5.41) is 17.2. The Morgan fingerprint density at radius 3 is 2.65 bits per heavy atom. The van der Waals surface area contributed by atoms with Gasteiger partial charge >= 0.3 is 5.97 Å². The molecule has 1 aliphatic carbocycles. The summed E-state index contributed by atoms with van der Waals surface area (Å²) in [7, 11) is 0. The lowest BCUT2D eigenvalue weighted by atomic mass is 9.86. The molecule has 1 heterocycles. The highest BCUT2D eigenvalue weighted by molar-refractivity contribution is 5.76. The van der Waals surface area contributed by atoms with Crippen LogP contribution in [0.4, 0.5) is 4.39 Å². The lowest BCUT2D eigenvalue weighted by Crippen LogP contribution is -2.20. The van der Waals surface area contributed by atoms with Crippen LogP contribution in [0, 0.1) is 5.82 Å². The number of carbonyl (C=O) groups is 1. The van der Waals surface area contributed by atoms with Crippen LogP contribution >= 0.6 is 0 Å². The number of aromatic nitrogens is 2. The van der Waals surface area contributed by atoms with Crippen LogP contribution < -0.4 is 0 Å². The van der Waals surface area contributed by atoms with Crippen molar-refractivity contribution in [2.24, 2.45) is 0 Å². The van der Waals surface area contributed by atoms with Crippen LogP contribution in [-0.4, -0.2) is 21.3 Å². The minimum absolute atomic E-state index is 0.354. The van der Waals surface area contributed by atoms with Gasteiger partial charge in [-0.15, -0.1) is 0 Å². The summed E-state index contributed by atoms with van der Waals surface area (Å²) in [5.41, 5.74) is 2.22. The standard InChI is InChI=1S/C15H13FN2O2.C3H8/c16-12-7-2-1-5-10(12)13-8-9-4-3-6-11(15(19)20)14(9)18-17-13;1-3-2/h1-2,5,7-8,11H,3-4,6H2,(H,19,20);3H2,1-2H3. The van der Waals surface area contributed by atoms with Gasteiger partial charge in [-0.3, -0.25) is 4.79 Å². The van der Waals surface area contributed by atoms with E-state index in [9.17, 15) is 14.3 Å². The molecule has 0 saturated heterocycles. The molecule has 23 heavy (non-hydrogen) atoms. The van der Waals surface area contributed by atoms with Gasteiger partial charge in [0.1, 0.15) is 11.7 Å². The van der Waals surface area contributed by atoms with Gasteiger partial charge in [0.05, 0.1) is 11.4 Å². The molecular formula is C18H21FN2O2. The van der Waals surface area contributed by atoms with Crippen LogP contribution in [0.2, 0.25) is 0 Å². The van der Waals surface area contributed by atoms with Crippen molar-refractivity contribution in [1.29, 1.82) is 0 Å². The predicted molar refractivity (Wildman–Crippen MR) is 86.7 cm³/mol. The van der Waals surface area contributed by atoms with E-state index in [0.717, 1.165) is 18.4 Å². The maximum Gasteiger partial charge on any atom is 0.312 e. The van der Waals surface area contributed by atoms with Gasteiger partial charge in [-0.2, -0.15) is 10.2 Å². The van der Waals surface area contributed by atoms with Gasteiger partial charge in [-0.25, -0.2) is 4.39 Å². The van der Waals surface area contributed by atoms with E-state index in [1.807, 2.05) is 0 Å². The van der Waals surface area contributed by atoms with Crippen molar-refractivity contribution in [2.75, 3.05) is 0 Å². The molecule has 1 aromatic heterocycles. The second kappa shape index (κ2) is 7.81. The molecule has 0 bridgehead atoms. The van der Waals surface area contributed by atoms with E-state index in [0.29, 0.717) is 23.4 Å². The average Bonchev–Trinajstić information content (AvgIpc) is 2.55. The highest BCUT2D eigenvalue weighted by Gasteiger charge is 2.28. The summed E-state index contributed by atoms with van der Waals surface area (Å²) >= 11 is 0. The molecule has 0 spiro atoms. The van der Waals surface area contributed by atoms with Crippen molar-refractivity contribution >= 4 is 5.97 Å². The number of nitrogens with zero attached hydrogens (tertiary/aromatic N) is 2. The Balaban J connectivity index is 0.000000595. The summed E-state index contributed by atoms with van der Waals surface area (Å²) in [6.45, 7) is 4.25. The van der Waals surface area contributed by atoms with Gasteiger partial charge < -0.3 is 5.11 Å². The number of benzene rings is 1. The first-order chi connectivity index (χ1) is 11.1. The third-order valence-electron chi connectivity index (χ3n) is 3.62. The van der Waals surface area contributed by atoms with Crippen molar-refractivity contribution in [3.63, 3.8) is 0 Å². The first-order valence-corrected chi connectivity index (χ1v) is 7.92. The normalized spacial score (nSPS) is 16.0. The van der Waals surface area contributed by atoms with Crippen molar-refractivity contribution in [3.8, 4) is 11.3 Å². The molecule has 0 amide bonds. The number of halogens is 1. The van der Waals surface area contributed by atoms with E-state index in [-0.39, 0.29) is 5.82 Å². The van der Waals surface area contributed by atoms with Crippen LogP contribution in [0.25, 0.3) is 11.3 Å². The molecule has 1 aromatic carbocycles. The molecule has 0 radical (unpaired) electrons. The minimum Gasteiger partial charge on any atom is -0.481 e. The summed E-state index contributed by atoms with van der Waals surface area (Å²) in [4.78, 5) is 11.2. The zero-order valence-electron chi connectivity index (χ0n) is 13.4. The highest BCUT2D eigenvalue weighted by atomic mass is 19.1. The Morgan fingerprint density at radius 2 is 2.00 bits per heavy atom. The molecule has 122 valence electrons. The van der Waals surface area contributed by atoms with Crippen molar-refractivity contribution < 1.29 is 14.3 Å². The Morgan fingerprint density at radius 1 is 1.30 bits per heavy atom. The molecule has 1 N–H and O–H groups in total. The first-order valence-electron chi connectivity index (χ1n) is 7.92. The second-order valence-corrected chi connectivity index (χ2v) is 5.61. The molecule has 1 atom stereocenters.